The minimum absolute atomic E-state index is 0.0475. The summed E-state index contributed by atoms with van der Waals surface area (Å²) in [5, 5.41) is 13.1. The number of rotatable bonds is 4. The second-order valence-corrected chi connectivity index (χ2v) is 8.76. The van der Waals surface area contributed by atoms with Gasteiger partial charge in [-0.15, -0.1) is 11.3 Å². The Kier molecular flexibility index (Phi) is 5.49. The third kappa shape index (κ3) is 3.44. The fourth-order valence-electron chi connectivity index (χ4n) is 3.59. The van der Waals surface area contributed by atoms with Crippen molar-refractivity contribution in [2.24, 2.45) is 0 Å². The molecule has 152 valence electrons. The number of ketones is 1. The van der Waals surface area contributed by atoms with E-state index in [1.807, 2.05) is 36.6 Å². The summed E-state index contributed by atoms with van der Waals surface area (Å²) in [5.41, 5.74) is 1.89. The minimum Gasteiger partial charge on any atom is -0.507 e. The molecule has 7 heteroatoms. The molecule has 1 unspecified atom stereocenters. The summed E-state index contributed by atoms with van der Waals surface area (Å²) in [7, 11) is 1.50. The number of amides is 1. The Balaban J connectivity index is 1.97. The smallest absolute Gasteiger partial charge is 0.300 e. The van der Waals surface area contributed by atoms with E-state index >= 15 is 0 Å². The number of aliphatic hydroxyl groups is 1. The zero-order valence-electron chi connectivity index (χ0n) is 16.3. The van der Waals surface area contributed by atoms with E-state index in [9.17, 15) is 14.7 Å². The normalized spacial score (nSPS) is 18.1. The molecular formula is C23H18BrNO4S. The first-order valence-electron chi connectivity index (χ1n) is 9.17. The van der Waals surface area contributed by atoms with E-state index < -0.39 is 17.7 Å². The van der Waals surface area contributed by atoms with Crippen LogP contribution in [0.2, 0.25) is 0 Å². The lowest BCUT2D eigenvalue weighted by atomic mass is 9.98. The summed E-state index contributed by atoms with van der Waals surface area (Å²) in [6.07, 6.45) is 0. The number of hydrogen-bond donors (Lipinski definition) is 1. The van der Waals surface area contributed by atoms with Crippen molar-refractivity contribution in [1.82, 2.24) is 0 Å². The topological polar surface area (TPSA) is 66.8 Å². The molecule has 1 fully saturated rings. The Bertz CT molecular complexity index is 1170. The molecule has 1 aliphatic heterocycles. The van der Waals surface area contributed by atoms with Crippen LogP contribution in [0.4, 0.5) is 5.69 Å². The molecule has 1 aromatic heterocycles. The molecule has 4 rings (SSSR count). The van der Waals surface area contributed by atoms with E-state index in [0.29, 0.717) is 17.0 Å². The summed E-state index contributed by atoms with van der Waals surface area (Å²) >= 11 is 4.84. The van der Waals surface area contributed by atoms with E-state index in [1.54, 1.807) is 30.3 Å². The average molecular weight is 484 g/mol. The summed E-state index contributed by atoms with van der Waals surface area (Å²) in [6, 6.07) is 15.5. The number of ether oxygens (including phenoxy) is 1. The molecule has 0 bridgehead atoms. The zero-order valence-corrected chi connectivity index (χ0v) is 18.7. The molecule has 1 saturated heterocycles. The predicted octanol–water partition coefficient (Wildman–Crippen LogP) is 5.45. The lowest BCUT2D eigenvalue weighted by Gasteiger charge is -2.24. The summed E-state index contributed by atoms with van der Waals surface area (Å²) < 4.78 is 6.17. The van der Waals surface area contributed by atoms with E-state index in [-0.39, 0.29) is 11.3 Å². The van der Waals surface area contributed by atoms with Crippen LogP contribution < -0.4 is 9.64 Å². The van der Waals surface area contributed by atoms with Crippen LogP contribution in [0.25, 0.3) is 5.76 Å². The number of thiophene rings is 1. The van der Waals surface area contributed by atoms with E-state index in [4.69, 9.17) is 4.74 Å². The van der Waals surface area contributed by atoms with E-state index in [0.717, 1.165) is 14.9 Å². The molecule has 0 aliphatic carbocycles. The largest absolute Gasteiger partial charge is 0.507 e. The molecule has 1 N–H and O–H groups in total. The van der Waals surface area contributed by atoms with Gasteiger partial charge in [0.1, 0.15) is 17.6 Å². The molecule has 0 saturated carbocycles. The van der Waals surface area contributed by atoms with Gasteiger partial charge in [-0.25, -0.2) is 0 Å². The molecule has 2 heterocycles. The maximum Gasteiger partial charge on any atom is 0.300 e. The molecule has 1 amide bonds. The maximum absolute atomic E-state index is 13.1. The predicted molar refractivity (Wildman–Crippen MR) is 121 cm³/mol. The van der Waals surface area contributed by atoms with Crippen molar-refractivity contribution in [2.45, 2.75) is 13.0 Å². The SMILES string of the molecule is COc1ccc(C)cc1/C(O)=C1/C(=O)C(=O)N(c2cccc(Br)c2)C1c1cccs1. The number of aliphatic hydroxyl groups excluding tert-OH is 1. The standard InChI is InChI=1S/C23H18BrNO4S/c1-13-8-9-17(29-2)16(11-13)21(26)19-20(18-7-4-10-30-18)25(23(28)22(19)27)15-6-3-5-14(24)12-15/h3-12,20,26H,1-2H3/b21-19-. The van der Waals surface area contributed by atoms with Crippen LogP contribution >= 0.6 is 27.3 Å². The van der Waals surface area contributed by atoms with Gasteiger partial charge in [-0.1, -0.05) is 39.7 Å². The van der Waals surface area contributed by atoms with Crippen molar-refractivity contribution < 1.29 is 19.4 Å². The number of nitrogens with zero attached hydrogens (tertiary/aromatic N) is 1. The van der Waals surface area contributed by atoms with Crippen molar-refractivity contribution in [1.29, 1.82) is 0 Å². The van der Waals surface area contributed by atoms with Crippen LogP contribution in [-0.4, -0.2) is 23.9 Å². The number of methoxy groups -OCH3 is 1. The van der Waals surface area contributed by atoms with Crippen LogP contribution in [0.3, 0.4) is 0 Å². The van der Waals surface area contributed by atoms with Crippen LogP contribution in [-0.2, 0) is 9.59 Å². The van der Waals surface area contributed by atoms with Crippen LogP contribution in [0.5, 0.6) is 5.75 Å². The monoisotopic (exact) mass is 483 g/mol. The molecule has 5 nitrogen and oxygen atoms in total. The number of anilines is 1. The van der Waals surface area contributed by atoms with Gasteiger partial charge in [0.25, 0.3) is 11.7 Å². The first kappa shape index (κ1) is 20.4. The van der Waals surface area contributed by atoms with Gasteiger partial charge in [-0.3, -0.25) is 14.5 Å². The lowest BCUT2D eigenvalue weighted by Crippen LogP contribution is -2.29. The van der Waals surface area contributed by atoms with E-state index in [1.165, 1.54) is 23.3 Å². The minimum atomic E-state index is -0.732. The number of carbonyl (C=O) groups is 2. The van der Waals surface area contributed by atoms with Crippen LogP contribution in [0.15, 0.2) is 70.0 Å². The summed E-state index contributed by atoms with van der Waals surface area (Å²) in [5.74, 6) is -1.23. The van der Waals surface area contributed by atoms with Crippen molar-refractivity contribution in [3.63, 3.8) is 0 Å². The summed E-state index contributed by atoms with van der Waals surface area (Å²) in [6.45, 7) is 1.88. The third-order valence-electron chi connectivity index (χ3n) is 4.95. The van der Waals surface area contributed by atoms with Gasteiger partial charge in [-0.05, 0) is 48.7 Å². The number of hydrogen-bond acceptors (Lipinski definition) is 5. The highest BCUT2D eigenvalue weighted by Crippen LogP contribution is 2.44. The van der Waals surface area contributed by atoms with Crippen LogP contribution in [0, 0.1) is 6.92 Å². The zero-order chi connectivity index (χ0) is 21.4. The molecular weight excluding hydrogens is 466 g/mol. The molecule has 1 atom stereocenters. The number of aryl methyl sites for hydroxylation is 1. The van der Waals surface area contributed by atoms with Gasteiger partial charge >= 0.3 is 0 Å². The fourth-order valence-corrected chi connectivity index (χ4v) is 4.80. The van der Waals surface area contributed by atoms with Gasteiger partial charge in [0.05, 0.1) is 18.2 Å². The highest BCUT2D eigenvalue weighted by atomic mass is 79.9. The number of benzene rings is 2. The fraction of sp³-hybridized carbons (Fsp3) is 0.130. The second kappa shape index (κ2) is 8.08. The number of halogens is 1. The maximum atomic E-state index is 13.1. The van der Waals surface area contributed by atoms with Gasteiger partial charge in [0.15, 0.2) is 0 Å². The first-order chi connectivity index (χ1) is 14.4. The average Bonchev–Trinajstić information content (AvgIpc) is 3.34. The molecule has 3 aromatic rings. The van der Waals surface area contributed by atoms with Crippen molar-refractivity contribution in [3.8, 4) is 5.75 Å². The van der Waals surface area contributed by atoms with Gasteiger partial charge in [-0.2, -0.15) is 0 Å². The van der Waals surface area contributed by atoms with E-state index in [2.05, 4.69) is 15.9 Å². The van der Waals surface area contributed by atoms with Crippen LogP contribution in [0.1, 0.15) is 22.0 Å². The molecule has 1 aliphatic rings. The molecule has 30 heavy (non-hydrogen) atoms. The molecule has 0 radical (unpaired) electrons. The molecule has 2 aromatic carbocycles. The molecule has 0 spiro atoms. The Morgan fingerprint density at radius 1 is 1.13 bits per heavy atom. The Morgan fingerprint density at radius 2 is 1.93 bits per heavy atom. The second-order valence-electron chi connectivity index (χ2n) is 6.87. The first-order valence-corrected chi connectivity index (χ1v) is 10.8. The number of Topliss-reactive ketones (excluding diaryl/α,β-unsaturated/α-hetero) is 1. The highest BCUT2D eigenvalue weighted by molar-refractivity contribution is 9.10. The van der Waals surface area contributed by atoms with Gasteiger partial charge in [0.2, 0.25) is 0 Å². The number of carbonyl (C=O) groups excluding carboxylic acids is 2. The highest BCUT2D eigenvalue weighted by Gasteiger charge is 2.47. The Labute approximate surface area is 186 Å². The van der Waals surface area contributed by atoms with Gasteiger partial charge < -0.3 is 9.84 Å². The van der Waals surface area contributed by atoms with Gasteiger partial charge in [0, 0.05) is 15.0 Å². The van der Waals surface area contributed by atoms with Crippen molar-refractivity contribution in [3.05, 3.63) is 86.0 Å². The van der Waals surface area contributed by atoms with Crippen molar-refractivity contribution >= 4 is 50.4 Å². The Morgan fingerprint density at radius 3 is 2.60 bits per heavy atom. The lowest BCUT2D eigenvalue weighted by molar-refractivity contribution is -0.132. The quantitative estimate of drug-likeness (QED) is 0.304. The third-order valence-corrected chi connectivity index (χ3v) is 6.37. The Hall–Kier alpha value is -2.90. The summed E-state index contributed by atoms with van der Waals surface area (Å²) in [4.78, 5) is 28.4. The van der Waals surface area contributed by atoms with Crippen molar-refractivity contribution in [2.75, 3.05) is 12.0 Å².